The Bertz CT molecular complexity index is 612. The Kier molecular flexibility index (Phi) is 2.16. The molecule has 1 saturated carbocycles. The fourth-order valence-corrected chi connectivity index (χ4v) is 3.30. The van der Waals surface area contributed by atoms with Gasteiger partial charge in [-0.25, -0.2) is 0 Å². The number of rotatable bonds is 2. The highest BCUT2D eigenvalue weighted by Crippen LogP contribution is 2.44. The molecule has 18 heavy (non-hydrogen) atoms. The largest absolute Gasteiger partial charge is 0.380 e. The molecule has 2 nitrogen and oxygen atoms in total. The molecule has 2 heteroatoms. The second-order valence-corrected chi connectivity index (χ2v) is 5.37. The Morgan fingerprint density at radius 1 is 1.17 bits per heavy atom. The zero-order chi connectivity index (χ0) is 11.9. The van der Waals surface area contributed by atoms with Crippen molar-refractivity contribution in [2.75, 3.05) is 5.32 Å². The quantitative estimate of drug-likeness (QED) is 0.806. The van der Waals surface area contributed by atoms with Crippen molar-refractivity contribution < 1.29 is 0 Å². The molecule has 2 aromatic rings. The van der Waals surface area contributed by atoms with Crippen LogP contribution in [0.5, 0.6) is 0 Å². The van der Waals surface area contributed by atoms with Gasteiger partial charge in [0.05, 0.1) is 11.2 Å². The summed E-state index contributed by atoms with van der Waals surface area (Å²) in [7, 11) is 0. The van der Waals surface area contributed by atoms with Gasteiger partial charge in [0.25, 0.3) is 0 Å². The van der Waals surface area contributed by atoms with Gasteiger partial charge in [-0.3, -0.25) is 4.98 Å². The zero-order valence-electron chi connectivity index (χ0n) is 10.2. The average Bonchev–Trinajstić information content (AvgIpc) is 2.77. The lowest BCUT2D eigenvalue weighted by Gasteiger charge is -2.41. The maximum Gasteiger partial charge on any atom is 0.0933 e. The van der Waals surface area contributed by atoms with Crippen LogP contribution in [0.2, 0.25) is 0 Å². The van der Waals surface area contributed by atoms with Crippen molar-refractivity contribution in [3.05, 3.63) is 48.7 Å². The highest BCUT2D eigenvalue weighted by Gasteiger charge is 2.40. The minimum absolute atomic E-state index is 0.598. The lowest BCUT2D eigenvalue weighted by molar-refractivity contribution is 0.218. The molecular formula is C16H16N2. The van der Waals surface area contributed by atoms with Gasteiger partial charge in [-0.05, 0) is 30.9 Å². The van der Waals surface area contributed by atoms with E-state index in [-0.39, 0.29) is 0 Å². The van der Waals surface area contributed by atoms with Crippen LogP contribution >= 0.6 is 0 Å². The third kappa shape index (κ3) is 1.45. The molecule has 1 fully saturated rings. The van der Waals surface area contributed by atoms with Crippen molar-refractivity contribution in [3.8, 4) is 0 Å². The summed E-state index contributed by atoms with van der Waals surface area (Å²) in [6.07, 6.45) is 9.15. The Morgan fingerprint density at radius 2 is 2.11 bits per heavy atom. The molecule has 0 radical (unpaired) electrons. The van der Waals surface area contributed by atoms with Crippen LogP contribution in [0.3, 0.4) is 0 Å². The molecule has 1 aromatic heterocycles. The summed E-state index contributed by atoms with van der Waals surface area (Å²) in [6.45, 7) is 0. The van der Waals surface area contributed by atoms with E-state index in [1.54, 1.807) is 0 Å². The number of nitrogens with zero attached hydrogens (tertiary/aromatic N) is 1. The highest BCUT2D eigenvalue weighted by atomic mass is 15.0. The van der Waals surface area contributed by atoms with Crippen LogP contribution in [0.4, 0.5) is 5.69 Å². The Balaban J connectivity index is 1.65. The van der Waals surface area contributed by atoms with Crippen LogP contribution < -0.4 is 5.32 Å². The normalized spacial score (nSPS) is 29.0. The molecule has 2 aliphatic carbocycles. The van der Waals surface area contributed by atoms with Crippen molar-refractivity contribution in [2.24, 2.45) is 11.8 Å². The first-order chi connectivity index (χ1) is 8.92. The summed E-state index contributed by atoms with van der Waals surface area (Å²) >= 11 is 0. The number of allylic oxidation sites excluding steroid dienone is 1. The third-order valence-corrected chi connectivity index (χ3v) is 4.34. The van der Waals surface area contributed by atoms with E-state index in [0.29, 0.717) is 6.04 Å². The van der Waals surface area contributed by atoms with Crippen LogP contribution in [-0.4, -0.2) is 11.0 Å². The summed E-state index contributed by atoms with van der Waals surface area (Å²) < 4.78 is 0. The number of pyridine rings is 1. The number of anilines is 1. The highest BCUT2D eigenvalue weighted by molar-refractivity contribution is 5.90. The summed E-state index contributed by atoms with van der Waals surface area (Å²) in [5.41, 5.74) is 2.27. The molecule has 3 unspecified atom stereocenters. The van der Waals surface area contributed by atoms with E-state index in [9.17, 15) is 0 Å². The molecule has 1 N–H and O–H groups in total. The molecule has 0 bridgehead atoms. The molecule has 2 aliphatic rings. The SMILES string of the molecule is C1=CC2C(C1)CC2Nc1cccc2cccnc12. The second kappa shape index (κ2) is 3.84. The van der Waals surface area contributed by atoms with Crippen LogP contribution in [0.1, 0.15) is 12.8 Å². The number of hydrogen-bond donors (Lipinski definition) is 1. The Hall–Kier alpha value is -1.83. The summed E-state index contributed by atoms with van der Waals surface area (Å²) in [6, 6.07) is 11.1. The first-order valence-electron chi connectivity index (χ1n) is 6.69. The standard InChI is InChI=1S/C16H16N2/c1-5-12-10-15(13(12)7-1)18-14-8-2-4-11-6-3-9-17-16(11)14/h1-4,6-9,12-13,15,18H,5,10H2. The molecule has 4 rings (SSSR count). The first-order valence-corrected chi connectivity index (χ1v) is 6.69. The van der Waals surface area contributed by atoms with Gasteiger partial charge in [0.15, 0.2) is 0 Å². The number of para-hydroxylation sites is 1. The van der Waals surface area contributed by atoms with Crippen LogP contribution in [0.25, 0.3) is 10.9 Å². The van der Waals surface area contributed by atoms with Crippen molar-refractivity contribution in [1.29, 1.82) is 0 Å². The Labute approximate surface area is 107 Å². The predicted octanol–water partition coefficient (Wildman–Crippen LogP) is 3.61. The molecule has 0 saturated heterocycles. The van der Waals surface area contributed by atoms with E-state index in [1.807, 2.05) is 12.3 Å². The van der Waals surface area contributed by atoms with E-state index < -0.39 is 0 Å². The minimum atomic E-state index is 0.598. The lowest BCUT2D eigenvalue weighted by atomic mass is 9.71. The van der Waals surface area contributed by atoms with Gasteiger partial charge in [0, 0.05) is 23.5 Å². The number of nitrogens with one attached hydrogen (secondary N) is 1. The summed E-state index contributed by atoms with van der Waals surface area (Å²) in [5.74, 6) is 1.63. The van der Waals surface area contributed by atoms with Gasteiger partial charge in [0.2, 0.25) is 0 Å². The molecular weight excluding hydrogens is 220 g/mol. The Morgan fingerprint density at radius 3 is 3.06 bits per heavy atom. The topological polar surface area (TPSA) is 24.9 Å². The molecule has 0 amide bonds. The molecule has 0 spiro atoms. The second-order valence-electron chi connectivity index (χ2n) is 5.37. The van der Waals surface area contributed by atoms with Crippen LogP contribution in [0, 0.1) is 11.8 Å². The fraction of sp³-hybridized carbons (Fsp3) is 0.312. The van der Waals surface area contributed by atoms with Crippen molar-refractivity contribution in [2.45, 2.75) is 18.9 Å². The first kappa shape index (κ1) is 10.1. The van der Waals surface area contributed by atoms with Crippen LogP contribution in [-0.2, 0) is 0 Å². The van der Waals surface area contributed by atoms with Crippen molar-refractivity contribution in [3.63, 3.8) is 0 Å². The summed E-state index contributed by atoms with van der Waals surface area (Å²) in [5, 5.41) is 4.89. The van der Waals surface area contributed by atoms with Gasteiger partial charge < -0.3 is 5.32 Å². The predicted molar refractivity (Wildman–Crippen MR) is 74.5 cm³/mol. The third-order valence-electron chi connectivity index (χ3n) is 4.34. The van der Waals surface area contributed by atoms with Gasteiger partial charge in [-0.1, -0.05) is 30.4 Å². The van der Waals surface area contributed by atoms with Crippen molar-refractivity contribution in [1.82, 2.24) is 4.98 Å². The van der Waals surface area contributed by atoms with E-state index in [0.717, 1.165) is 17.4 Å². The van der Waals surface area contributed by atoms with E-state index in [1.165, 1.54) is 23.9 Å². The van der Waals surface area contributed by atoms with Gasteiger partial charge in [0.1, 0.15) is 0 Å². The minimum Gasteiger partial charge on any atom is -0.380 e. The van der Waals surface area contributed by atoms with Gasteiger partial charge in [-0.2, -0.15) is 0 Å². The molecule has 90 valence electrons. The smallest absolute Gasteiger partial charge is 0.0933 e. The van der Waals surface area contributed by atoms with Crippen molar-refractivity contribution >= 4 is 16.6 Å². The number of fused-ring (bicyclic) bond motifs is 2. The van der Waals surface area contributed by atoms with E-state index in [2.05, 4.69) is 46.7 Å². The van der Waals surface area contributed by atoms with Gasteiger partial charge >= 0.3 is 0 Å². The maximum atomic E-state index is 4.50. The summed E-state index contributed by atoms with van der Waals surface area (Å²) in [4.78, 5) is 4.50. The fourth-order valence-electron chi connectivity index (χ4n) is 3.30. The number of hydrogen-bond acceptors (Lipinski definition) is 2. The maximum absolute atomic E-state index is 4.50. The van der Waals surface area contributed by atoms with E-state index in [4.69, 9.17) is 0 Å². The number of benzene rings is 1. The molecule has 1 heterocycles. The molecule has 3 atom stereocenters. The molecule has 0 aliphatic heterocycles. The monoisotopic (exact) mass is 236 g/mol. The average molecular weight is 236 g/mol. The van der Waals surface area contributed by atoms with Gasteiger partial charge in [-0.15, -0.1) is 0 Å². The zero-order valence-corrected chi connectivity index (χ0v) is 10.2. The van der Waals surface area contributed by atoms with Crippen LogP contribution in [0.15, 0.2) is 48.7 Å². The van der Waals surface area contributed by atoms with E-state index >= 15 is 0 Å². The number of aromatic nitrogens is 1. The molecule has 1 aromatic carbocycles. The lowest BCUT2D eigenvalue weighted by Crippen LogP contribution is -2.43.